The first-order valence-corrected chi connectivity index (χ1v) is 6.16. The van der Waals surface area contributed by atoms with Crippen LogP contribution in [0.25, 0.3) is 10.1 Å². The van der Waals surface area contributed by atoms with Crippen molar-refractivity contribution in [2.75, 3.05) is 0 Å². The van der Waals surface area contributed by atoms with E-state index in [1.165, 1.54) is 15.0 Å². The molecule has 0 amide bonds. The summed E-state index contributed by atoms with van der Waals surface area (Å²) in [5, 5.41) is 1.35. The highest BCUT2D eigenvalue weighted by atomic mass is 32.1. The zero-order chi connectivity index (χ0) is 10.6. The van der Waals surface area contributed by atoms with Gasteiger partial charge in [0.15, 0.2) is 0 Å². The van der Waals surface area contributed by atoms with E-state index < -0.39 is 0 Å². The Kier molecular flexibility index (Phi) is 1.77. The fraction of sp³-hybridized carbons (Fsp3) is 0.385. The second-order valence-corrected chi connectivity index (χ2v) is 6.13. The largest absolute Gasteiger partial charge is 0.327 e. The van der Waals surface area contributed by atoms with E-state index in [1.807, 2.05) is 11.3 Å². The van der Waals surface area contributed by atoms with Gasteiger partial charge in [-0.15, -0.1) is 11.3 Å². The van der Waals surface area contributed by atoms with Crippen molar-refractivity contribution in [3.63, 3.8) is 0 Å². The highest BCUT2D eigenvalue weighted by molar-refractivity contribution is 7.19. The van der Waals surface area contributed by atoms with Gasteiger partial charge in [0.05, 0.1) is 0 Å². The van der Waals surface area contributed by atoms with E-state index >= 15 is 0 Å². The standard InChI is InChI=1S/C13H15NS/c1-13(2)11(12(13)14)10-7-8-5-3-4-6-9(8)15-10/h3-7,11-12H,14H2,1-2H3/t11-,12-/m0/s1. The monoisotopic (exact) mass is 217 g/mol. The van der Waals surface area contributed by atoms with Crippen molar-refractivity contribution in [3.05, 3.63) is 35.2 Å². The Morgan fingerprint density at radius 1 is 1.27 bits per heavy atom. The molecule has 0 radical (unpaired) electrons. The van der Waals surface area contributed by atoms with Crippen molar-refractivity contribution >= 4 is 21.4 Å². The lowest BCUT2D eigenvalue weighted by Gasteiger charge is -1.97. The number of hydrogen-bond acceptors (Lipinski definition) is 2. The Morgan fingerprint density at radius 3 is 2.53 bits per heavy atom. The summed E-state index contributed by atoms with van der Waals surface area (Å²) in [6.45, 7) is 4.51. The maximum absolute atomic E-state index is 6.10. The summed E-state index contributed by atoms with van der Waals surface area (Å²) in [5.41, 5.74) is 6.40. The minimum absolute atomic E-state index is 0.293. The van der Waals surface area contributed by atoms with Crippen molar-refractivity contribution in [1.82, 2.24) is 0 Å². The number of hydrogen-bond donors (Lipinski definition) is 1. The quantitative estimate of drug-likeness (QED) is 0.779. The molecule has 1 aromatic heterocycles. The summed E-state index contributed by atoms with van der Waals surface area (Å²) in [5.74, 6) is 0.565. The molecule has 0 unspecified atom stereocenters. The molecular formula is C13H15NS. The number of nitrogens with two attached hydrogens (primary N) is 1. The van der Waals surface area contributed by atoms with Crippen molar-refractivity contribution in [2.45, 2.75) is 25.8 Å². The molecule has 2 aromatic rings. The normalized spacial score (nSPS) is 28.2. The van der Waals surface area contributed by atoms with Crippen molar-refractivity contribution in [2.24, 2.45) is 11.1 Å². The van der Waals surface area contributed by atoms with Crippen molar-refractivity contribution in [1.29, 1.82) is 0 Å². The first kappa shape index (κ1) is 9.37. The Bertz CT molecular complexity index is 479. The lowest BCUT2D eigenvalue weighted by molar-refractivity contribution is 0.601. The van der Waals surface area contributed by atoms with Gasteiger partial charge in [-0.25, -0.2) is 0 Å². The van der Waals surface area contributed by atoms with Gasteiger partial charge in [0.2, 0.25) is 0 Å². The molecule has 2 atom stereocenters. The lowest BCUT2D eigenvalue weighted by Crippen LogP contribution is -2.06. The first-order valence-electron chi connectivity index (χ1n) is 5.35. The molecule has 1 aliphatic rings. The van der Waals surface area contributed by atoms with Gasteiger partial charge in [0.25, 0.3) is 0 Å². The molecule has 1 aromatic carbocycles. The molecule has 1 fully saturated rings. The average molecular weight is 217 g/mol. The molecule has 1 saturated carbocycles. The number of benzene rings is 1. The van der Waals surface area contributed by atoms with Crippen LogP contribution in [0.4, 0.5) is 0 Å². The molecule has 78 valence electrons. The van der Waals surface area contributed by atoms with Gasteiger partial charge in [-0.1, -0.05) is 32.0 Å². The summed E-state index contributed by atoms with van der Waals surface area (Å²) in [6, 6.07) is 11.2. The van der Waals surface area contributed by atoms with Gasteiger partial charge in [0, 0.05) is 21.5 Å². The van der Waals surface area contributed by atoms with Crippen molar-refractivity contribution < 1.29 is 0 Å². The smallest absolute Gasteiger partial charge is 0.0345 e. The highest BCUT2D eigenvalue weighted by Crippen LogP contribution is 2.59. The van der Waals surface area contributed by atoms with Gasteiger partial charge < -0.3 is 5.73 Å². The molecular weight excluding hydrogens is 202 g/mol. The number of rotatable bonds is 1. The van der Waals surface area contributed by atoms with Gasteiger partial charge in [-0.3, -0.25) is 0 Å². The molecule has 15 heavy (non-hydrogen) atoms. The van der Waals surface area contributed by atoms with Gasteiger partial charge in [-0.05, 0) is 22.9 Å². The van der Waals surface area contributed by atoms with Crippen LogP contribution in [0.3, 0.4) is 0 Å². The van der Waals surface area contributed by atoms with E-state index in [0.29, 0.717) is 17.4 Å². The second-order valence-electron chi connectivity index (χ2n) is 5.01. The van der Waals surface area contributed by atoms with Crippen LogP contribution in [0.1, 0.15) is 24.6 Å². The van der Waals surface area contributed by atoms with E-state index in [4.69, 9.17) is 5.73 Å². The Balaban J connectivity index is 2.07. The van der Waals surface area contributed by atoms with Gasteiger partial charge in [0.1, 0.15) is 0 Å². The van der Waals surface area contributed by atoms with Crippen LogP contribution in [0, 0.1) is 5.41 Å². The van der Waals surface area contributed by atoms with Crippen LogP contribution in [0.5, 0.6) is 0 Å². The molecule has 2 N–H and O–H groups in total. The van der Waals surface area contributed by atoms with Gasteiger partial charge in [-0.2, -0.15) is 0 Å². The fourth-order valence-corrected chi connectivity index (χ4v) is 3.79. The van der Waals surface area contributed by atoms with E-state index in [0.717, 1.165) is 0 Å². The summed E-state index contributed by atoms with van der Waals surface area (Å²) in [7, 11) is 0. The summed E-state index contributed by atoms with van der Waals surface area (Å²) >= 11 is 1.89. The lowest BCUT2D eigenvalue weighted by atomic mass is 10.1. The molecule has 1 heterocycles. The van der Waals surface area contributed by atoms with Crippen molar-refractivity contribution in [3.8, 4) is 0 Å². The maximum atomic E-state index is 6.10. The van der Waals surface area contributed by atoms with E-state index in [2.05, 4.69) is 44.2 Å². The summed E-state index contributed by atoms with van der Waals surface area (Å²) in [6.07, 6.45) is 0. The molecule has 1 aliphatic carbocycles. The molecule has 0 spiro atoms. The maximum Gasteiger partial charge on any atom is 0.0345 e. The van der Waals surface area contributed by atoms with Crippen LogP contribution in [-0.4, -0.2) is 6.04 Å². The van der Waals surface area contributed by atoms with Crippen LogP contribution < -0.4 is 5.73 Å². The van der Waals surface area contributed by atoms with Gasteiger partial charge >= 0.3 is 0 Å². The van der Waals surface area contributed by atoms with E-state index in [-0.39, 0.29) is 0 Å². The van der Waals surface area contributed by atoms with E-state index in [9.17, 15) is 0 Å². The highest BCUT2D eigenvalue weighted by Gasteiger charge is 2.56. The topological polar surface area (TPSA) is 26.0 Å². The molecule has 1 nitrogen and oxygen atoms in total. The Morgan fingerprint density at radius 2 is 1.93 bits per heavy atom. The van der Waals surface area contributed by atoms with Crippen LogP contribution in [0.15, 0.2) is 30.3 Å². The fourth-order valence-electron chi connectivity index (χ4n) is 2.38. The predicted molar refractivity (Wildman–Crippen MR) is 66.3 cm³/mol. The molecule has 0 aliphatic heterocycles. The minimum Gasteiger partial charge on any atom is -0.327 e. The Hall–Kier alpha value is -0.860. The SMILES string of the molecule is CC1(C)[C@@H](N)[C@@H]1c1cc2ccccc2s1. The summed E-state index contributed by atoms with van der Waals surface area (Å²) in [4.78, 5) is 1.45. The minimum atomic E-state index is 0.293. The molecule has 3 rings (SSSR count). The zero-order valence-corrected chi connectivity index (χ0v) is 9.84. The van der Waals surface area contributed by atoms with E-state index in [1.54, 1.807) is 0 Å². The van der Waals surface area contributed by atoms with Crippen LogP contribution in [0.2, 0.25) is 0 Å². The third-order valence-electron chi connectivity index (χ3n) is 3.66. The predicted octanol–water partition coefficient (Wildman–Crippen LogP) is 3.35. The second kappa shape index (κ2) is 2.83. The number of fused-ring (bicyclic) bond motifs is 1. The summed E-state index contributed by atoms with van der Waals surface area (Å²) < 4.78 is 1.38. The zero-order valence-electron chi connectivity index (χ0n) is 9.03. The molecule has 2 heteroatoms. The first-order chi connectivity index (χ1) is 7.10. The molecule has 0 bridgehead atoms. The molecule has 0 saturated heterocycles. The van der Waals surface area contributed by atoms with Crippen LogP contribution in [-0.2, 0) is 0 Å². The average Bonchev–Trinajstić information content (AvgIpc) is 2.61. The third-order valence-corrected chi connectivity index (χ3v) is 4.86. The third kappa shape index (κ3) is 1.25. The number of thiophene rings is 1. The van der Waals surface area contributed by atoms with Crippen LogP contribution >= 0.6 is 11.3 Å². The Labute approximate surface area is 93.9 Å².